The van der Waals surface area contributed by atoms with Crippen molar-refractivity contribution in [3.63, 3.8) is 0 Å². The van der Waals surface area contributed by atoms with Crippen LogP contribution in [0.1, 0.15) is 109 Å². The van der Waals surface area contributed by atoms with Gasteiger partial charge in [-0.15, -0.1) is 0 Å². The van der Waals surface area contributed by atoms with E-state index in [9.17, 15) is 22.8 Å². The Labute approximate surface area is 243 Å². The first-order valence-corrected chi connectivity index (χ1v) is 14.9. The molecule has 0 aliphatic heterocycles. The molecule has 0 aliphatic carbocycles. The van der Waals surface area contributed by atoms with E-state index in [1.165, 1.54) is 13.0 Å². The Morgan fingerprint density at radius 3 is 2.12 bits per heavy atom. The maximum Gasteiger partial charge on any atom is 0.416 e. The van der Waals surface area contributed by atoms with Crippen LogP contribution >= 0.6 is 0 Å². The molecule has 41 heavy (non-hydrogen) atoms. The van der Waals surface area contributed by atoms with Gasteiger partial charge in [-0.05, 0) is 84.0 Å². The molecule has 0 saturated heterocycles. The van der Waals surface area contributed by atoms with Crippen molar-refractivity contribution in [2.24, 2.45) is 5.92 Å². The fourth-order valence-corrected chi connectivity index (χ4v) is 5.50. The molecule has 220 valence electrons. The molecule has 0 radical (unpaired) electrons. The van der Waals surface area contributed by atoms with Crippen molar-refractivity contribution < 1.29 is 22.8 Å². The number of halogens is 3. The Bertz CT molecular complexity index is 1300. The van der Waals surface area contributed by atoms with E-state index in [-0.39, 0.29) is 30.0 Å². The Kier molecular flexibility index (Phi) is 11.9. The predicted molar refractivity (Wildman–Crippen MR) is 161 cm³/mol. The van der Waals surface area contributed by atoms with Crippen LogP contribution in [0.25, 0.3) is 0 Å². The smallest absolute Gasteiger partial charge is 0.299 e. The number of ketones is 2. The summed E-state index contributed by atoms with van der Waals surface area (Å²) in [6.07, 6.45) is 2.42. The van der Waals surface area contributed by atoms with E-state index in [0.29, 0.717) is 37.2 Å². The number of hydrogen-bond acceptors (Lipinski definition) is 2. The van der Waals surface area contributed by atoms with E-state index in [0.717, 1.165) is 53.5 Å². The molecule has 0 heterocycles. The Morgan fingerprint density at radius 2 is 1.49 bits per heavy atom. The first kappa shape index (κ1) is 32.3. The first-order valence-electron chi connectivity index (χ1n) is 14.9. The Balaban J connectivity index is 1.64. The summed E-state index contributed by atoms with van der Waals surface area (Å²) in [7, 11) is 0. The number of carbonyl (C=O) groups excluding carboxylic acids is 2. The second kappa shape index (κ2) is 15.1. The third kappa shape index (κ3) is 9.69. The van der Waals surface area contributed by atoms with Gasteiger partial charge in [0.2, 0.25) is 0 Å². The molecular formula is C36H43F3O2. The van der Waals surface area contributed by atoms with Gasteiger partial charge in [0.15, 0.2) is 5.78 Å². The maximum absolute atomic E-state index is 13.7. The quantitative estimate of drug-likeness (QED) is 0.172. The average molecular weight is 565 g/mol. The molecule has 5 heteroatoms. The monoisotopic (exact) mass is 564 g/mol. The lowest BCUT2D eigenvalue weighted by Crippen LogP contribution is -2.13. The van der Waals surface area contributed by atoms with Gasteiger partial charge in [-0.3, -0.25) is 9.59 Å². The summed E-state index contributed by atoms with van der Waals surface area (Å²) >= 11 is 0. The van der Waals surface area contributed by atoms with Crippen LogP contribution in [0.4, 0.5) is 13.2 Å². The van der Waals surface area contributed by atoms with E-state index in [4.69, 9.17) is 0 Å². The molecule has 0 aromatic heterocycles. The molecular weight excluding hydrogens is 521 g/mol. The van der Waals surface area contributed by atoms with Gasteiger partial charge in [0.25, 0.3) is 0 Å². The number of benzene rings is 3. The highest BCUT2D eigenvalue weighted by atomic mass is 19.4. The molecule has 3 aromatic rings. The normalized spacial score (nSPS) is 11.7. The van der Waals surface area contributed by atoms with E-state index in [1.807, 2.05) is 55.5 Å². The minimum atomic E-state index is -4.44. The lowest BCUT2D eigenvalue weighted by atomic mass is 9.89. The topological polar surface area (TPSA) is 34.1 Å². The fraction of sp³-hybridized carbons (Fsp3) is 0.444. The molecule has 2 nitrogen and oxygen atoms in total. The summed E-state index contributed by atoms with van der Waals surface area (Å²) in [5.41, 5.74) is 4.87. The van der Waals surface area contributed by atoms with Crippen LogP contribution in [0.15, 0.2) is 60.7 Å². The van der Waals surface area contributed by atoms with Gasteiger partial charge in [-0.25, -0.2) is 0 Å². The molecule has 0 fully saturated rings. The second-order valence-corrected chi connectivity index (χ2v) is 11.2. The second-order valence-electron chi connectivity index (χ2n) is 11.2. The summed E-state index contributed by atoms with van der Waals surface area (Å²) in [4.78, 5) is 25.0. The third-order valence-corrected chi connectivity index (χ3v) is 8.15. The lowest BCUT2D eigenvalue weighted by molar-refractivity contribution is -0.138. The van der Waals surface area contributed by atoms with E-state index in [2.05, 4.69) is 13.8 Å². The summed E-state index contributed by atoms with van der Waals surface area (Å²) in [6, 6.07) is 18.6. The molecule has 0 N–H and O–H groups in total. The highest BCUT2D eigenvalue weighted by Gasteiger charge is 2.33. The van der Waals surface area contributed by atoms with Gasteiger partial charge in [-0.1, -0.05) is 88.6 Å². The standard InChI is InChI=1S/C36H43F3O2/c1-5-26(6-2)10-8-12-30-20-25(4)34(36(37,38)39)24-32(30)23-33(40)19-18-27-14-16-28(17-15-27)21-29-11-9-13-31(22-29)35(41)7-3/h9,11,13-17,20,22,24,26H,5-8,10,12,18-19,21,23H2,1-4H3. The van der Waals surface area contributed by atoms with Crippen molar-refractivity contribution >= 4 is 11.6 Å². The molecule has 0 unspecified atom stereocenters. The van der Waals surface area contributed by atoms with Crippen LogP contribution in [-0.4, -0.2) is 11.6 Å². The van der Waals surface area contributed by atoms with Crippen molar-refractivity contribution in [2.75, 3.05) is 0 Å². The van der Waals surface area contributed by atoms with Crippen molar-refractivity contribution in [1.82, 2.24) is 0 Å². The molecule has 0 atom stereocenters. The van der Waals surface area contributed by atoms with Crippen LogP contribution in [0.2, 0.25) is 0 Å². The van der Waals surface area contributed by atoms with Gasteiger partial charge in [-0.2, -0.15) is 13.2 Å². The number of hydrogen-bond donors (Lipinski definition) is 0. The van der Waals surface area contributed by atoms with Crippen LogP contribution in [0.3, 0.4) is 0 Å². The third-order valence-electron chi connectivity index (χ3n) is 8.15. The van der Waals surface area contributed by atoms with Gasteiger partial charge in [0.1, 0.15) is 5.78 Å². The Morgan fingerprint density at radius 1 is 0.805 bits per heavy atom. The number of Topliss-reactive ketones (excluding diaryl/α,β-unsaturated/α-hetero) is 2. The maximum atomic E-state index is 13.7. The van der Waals surface area contributed by atoms with Crippen LogP contribution < -0.4 is 0 Å². The van der Waals surface area contributed by atoms with E-state index < -0.39 is 11.7 Å². The summed E-state index contributed by atoms with van der Waals surface area (Å²) in [5.74, 6) is 0.697. The fourth-order valence-electron chi connectivity index (χ4n) is 5.50. The molecule has 3 rings (SSSR count). The SMILES string of the molecule is CCC(=O)c1cccc(Cc2ccc(CCC(=O)Cc3cc(C(F)(F)F)c(C)cc3CCCC(CC)CC)cc2)c1. The number of rotatable bonds is 15. The number of aryl methyl sites for hydroxylation is 3. The highest BCUT2D eigenvalue weighted by Crippen LogP contribution is 2.34. The zero-order chi connectivity index (χ0) is 30.0. The van der Waals surface area contributed by atoms with Crippen molar-refractivity contribution in [1.29, 1.82) is 0 Å². The largest absolute Gasteiger partial charge is 0.416 e. The minimum Gasteiger partial charge on any atom is -0.299 e. The lowest BCUT2D eigenvalue weighted by Gasteiger charge is -2.17. The molecule has 0 bridgehead atoms. The molecule has 0 saturated carbocycles. The molecule has 0 spiro atoms. The van der Waals surface area contributed by atoms with Crippen LogP contribution in [-0.2, 0) is 36.7 Å². The molecule has 3 aromatic carbocycles. The van der Waals surface area contributed by atoms with Gasteiger partial charge < -0.3 is 0 Å². The Hall–Kier alpha value is -3.21. The van der Waals surface area contributed by atoms with Crippen LogP contribution in [0, 0.1) is 12.8 Å². The van der Waals surface area contributed by atoms with Gasteiger partial charge in [0, 0.05) is 24.8 Å². The van der Waals surface area contributed by atoms with Gasteiger partial charge >= 0.3 is 6.18 Å². The van der Waals surface area contributed by atoms with Crippen molar-refractivity contribution in [3.8, 4) is 0 Å². The highest BCUT2D eigenvalue weighted by molar-refractivity contribution is 5.96. The van der Waals surface area contributed by atoms with E-state index in [1.54, 1.807) is 6.07 Å². The first-order chi connectivity index (χ1) is 19.5. The van der Waals surface area contributed by atoms with Crippen molar-refractivity contribution in [3.05, 3.63) is 105 Å². The summed E-state index contributed by atoms with van der Waals surface area (Å²) in [6.45, 7) is 7.70. The summed E-state index contributed by atoms with van der Waals surface area (Å²) < 4.78 is 41.0. The zero-order valence-electron chi connectivity index (χ0n) is 24.9. The molecule has 0 aliphatic rings. The van der Waals surface area contributed by atoms with E-state index >= 15 is 0 Å². The minimum absolute atomic E-state index is 0.0224. The predicted octanol–water partition coefficient (Wildman–Crippen LogP) is 9.70. The van der Waals surface area contributed by atoms with Crippen molar-refractivity contribution in [2.45, 2.75) is 98.1 Å². The zero-order valence-corrected chi connectivity index (χ0v) is 24.9. The average Bonchev–Trinajstić information content (AvgIpc) is 2.95. The number of alkyl halides is 3. The van der Waals surface area contributed by atoms with Gasteiger partial charge in [0.05, 0.1) is 5.56 Å². The summed E-state index contributed by atoms with van der Waals surface area (Å²) in [5, 5.41) is 0. The molecule has 0 amide bonds. The number of carbonyl (C=O) groups is 2. The van der Waals surface area contributed by atoms with Crippen LogP contribution in [0.5, 0.6) is 0 Å².